The summed E-state index contributed by atoms with van der Waals surface area (Å²) in [7, 11) is 0. The van der Waals surface area contributed by atoms with Gasteiger partial charge in [-0.3, -0.25) is 0 Å². The minimum absolute atomic E-state index is 0.581. The lowest BCUT2D eigenvalue weighted by atomic mass is 9.80. The molecule has 5 heteroatoms. The fourth-order valence-electron chi connectivity index (χ4n) is 4.72. The average molecular weight is 374 g/mol. The number of anilines is 3. The van der Waals surface area contributed by atoms with Crippen molar-refractivity contribution in [3.05, 3.63) is 51.5 Å². The number of rotatable bonds is 2. The first-order chi connectivity index (χ1) is 12.2. The second-order valence-electron chi connectivity index (χ2n) is 7.40. The van der Waals surface area contributed by atoms with Crippen molar-refractivity contribution in [1.82, 2.24) is 5.32 Å². The van der Waals surface area contributed by atoms with E-state index in [9.17, 15) is 0 Å². The Labute approximate surface area is 158 Å². The van der Waals surface area contributed by atoms with Crippen LogP contribution in [-0.2, 0) is 6.42 Å². The Hall–Kier alpha value is -1.42. The van der Waals surface area contributed by atoms with Gasteiger partial charge in [0, 0.05) is 49.2 Å². The van der Waals surface area contributed by atoms with E-state index in [0.717, 1.165) is 30.4 Å². The van der Waals surface area contributed by atoms with Crippen molar-refractivity contribution in [3.63, 3.8) is 0 Å². The molecule has 2 N–H and O–H groups in total. The summed E-state index contributed by atoms with van der Waals surface area (Å²) < 4.78 is 0. The summed E-state index contributed by atoms with van der Waals surface area (Å²) in [6.07, 6.45) is 2.41. The smallest absolute Gasteiger partial charge is 0.0612 e. The Kier molecular flexibility index (Phi) is 3.85. The minimum atomic E-state index is 0.581. The van der Waals surface area contributed by atoms with Gasteiger partial charge in [-0.15, -0.1) is 0 Å². The summed E-state index contributed by atoms with van der Waals surface area (Å²) in [5, 5.41) is 8.29. The van der Waals surface area contributed by atoms with Crippen molar-refractivity contribution in [3.8, 4) is 0 Å². The Morgan fingerprint density at radius 1 is 1.04 bits per heavy atom. The number of hydrogen-bond acceptors (Lipinski definition) is 3. The van der Waals surface area contributed by atoms with E-state index >= 15 is 0 Å². The highest BCUT2D eigenvalue weighted by molar-refractivity contribution is 6.42. The van der Waals surface area contributed by atoms with Crippen LogP contribution < -0.4 is 15.5 Å². The zero-order chi connectivity index (χ0) is 17.0. The van der Waals surface area contributed by atoms with E-state index in [0.29, 0.717) is 16.0 Å². The molecule has 130 valence electrons. The highest BCUT2D eigenvalue weighted by atomic mass is 35.5. The van der Waals surface area contributed by atoms with E-state index in [1.54, 1.807) is 0 Å². The molecule has 0 aliphatic carbocycles. The van der Waals surface area contributed by atoms with Crippen LogP contribution in [0.2, 0.25) is 10.0 Å². The lowest BCUT2D eigenvalue weighted by Gasteiger charge is -2.42. The third kappa shape index (κ3) is 2.69. The van der Waals surface area contributed by atoms with Crippen molar-refractivity contribution in [2.45, 2.75) is 18.8 Å². The molecule has 3 aliphatic rings. The summed E-state index contributed by atoms with van der Waals surface area (Å²) in [6.45, 7) is 4.64. The van der Waals surface area contributed by atoms with Crippen LogP contribution in [0.25, 0.3) is 0 Å². The zero-order valence-corrected chi connectivity index (χ0v) is 15.5. The fourth-order valence-corrected chi connectivity index (χ4v) is 5.02. The van der Waals surface area contributed by atoms with E-state index < -0.39 is 0 Å². The van der Waals surface area contributed by atoms with E-state index in [4.69, 9.17) is 23.2 Å². The van der Waals surface area contributed by atoms with E-state index in [-0.39, 0.29) is 0 Å². The highest BCUT2D eigenvalue weighted by Crippen LogP contribution is 2.46. The molecule has 3 heterocycles. The normalized spacial score (nSPS) is 24.0. The second-order valence-corrected chi connectivity index (χ2v) is 8.22. The number of halogens is 2. The maximum atomic E-state index is 6.17. The van der Waals surface area contributed by atoms with Gasteiger partial charge >= 0.3 is 0 Å². The van der Waals surface area contributed by atoms with Crippen molar-refractivity contribution in [2.24, 2.45) is 5.92 Å². The Bertz CT molecular complexity index is 836. The van der Waals surface area contributed by atoms with Gasteiger partial charge in [-0.1, -0.05) is 23.2 Å². The summed E-state index contributed by atoms with van der Waals surface area (Å²) in [4.78, 5) is 2.62. The van der Waals surface area contributed by atoms with Gasteiger partial charge in [0.1, 0.15) is 0 Å². The van der Waals surface area contributed by atoms with Crippen LogP contribution in [0.1, 0.15) is 23.5 Å². The van der Waals surface area contributed by atoms with E-state index in [1.807, 2.05) is 18.2 Å². The Balaban J connectivity index is 1.56. The average Bonchev–Trinajstić information content (AvgIpc) is 3.07. The summed E-state index contributed by atoms with van der Waals surface area (Å²) in [5.74, 6) is 1.37. The van der Waals surface area contributed by atoms with Crippen LogP contribution >= 0.6 is 23.2 Å². The molecule has 3 nitrogen and oxygen atoms in total. The fraction of sp³-hybridized carbons (Fsp3) is 0.400. The lowest BCUT2D eigenvalue weighted by Crippen LogP contribution is -2.40. The van der Waals surface area contributed by atoms with E-state index in [2.05, 4.69) is 27.7 Å². The Morgan fingerprint density at radius 3 is 2.84 bits per heavy atom. The molecule has 0 radical (unpaired) electrons. The Morgan fingerprint density at radius 2 is 1.96 bits per heavy atom. The van der Waals surface area contributed by atoms with E-state index in [1.165, 1.54) is 42.7 Å². The molecule has 1 fully saturated rings. The van der Waals surface area contributed by atoms with Gasteiger partial charge in [0.15, 0.2) is 0 Å². The number of fused-ring (bicyclic) bond motifs is 2. The standard InChI is InChI=1S/C20H21Cl2N3/c21-18-4-3-14(8-19(18)22)24-15-6-12-2-1-5-25-11-13-9-23-10-17(13)16(7-15)20(12)25/h3-4,6-8,13,17,23-24H,1-2,5,9-11H2/t13-,17-/m1/s1. The lowest BCUT2D eigenvalue weighted by molar-refractivity contribution is 0.470. The van der Waals surface area contributed by atoms with Gasteiger partial charge in [-0.05, 0) is 60.2 Å². The minimum Gasteiger partial charge on any atom is -0.371 e. The molecule has 2 atom stereocenters. The molecule has 2 aromatic rings. The zero-order valence-electron chi connectivity index (χ0n) is 14.0. The quantitative estimate of drug-likeness (QED) is 0.790. The second kappa shape index (κ2) is 6.08. The number of nitrogens with zero attached hydrogens (tertiary/aromatic N) is 1. The first-order valence-electron chi connectivity index (χ1n) is 9.03. The third-order valence-electron chi connectivity index (χ3n) is 5.81. The van der Waals surface area contributed by atoms with Crippen LogP contribution in [0, 0.1) is 5.92 Å². The first kappa shape index (κ1) is 15.8. The largest absolute Gasteiger partial charge is 0.371 e. The molecular weight excluding hydrogens is 353 g/mol. The molecule has 25 heavy (non-hydrogen) atoms. The van der Waals surface area contributed by atoms with Gasteiger partial charge < -0.3 is 15.5 Å². The number of benzene rings is 2. The predicted molar refractivity (Wildman–Crippen MR) is 106 cm³/mol. The van der Waals surface area contributed by atoms with Crippen molar-refractivity contribution in [2.75, 3.05) is 36.4 Å². The number of hydrogen-bond donors (Lipinski definition) is 2. The maximum Gasteiger partial charge on any atom is 0.0612 e. The molecule has 2 aromatic carbocycles. The van der Waals surface area contributed by atoms with Gasteiger partial charge in [-0.2, -0.15) is 0 Å². The van der Waals surface area contributed by atoms with Gasteiger partial charge in [0.2, 0.25) is 0 Å². The van der Waals surface area contributed by atoms with Gasteiger partial charge in [0.05, 0.1) is 10.0 Å². The topological polar surface area (TPSA) is 27.3 Å². The third-order valence-corrected chi connectivity index (χ3v) is 6.55. The predicted octanol–water partition coefficient (Wildman–Crippen LogP) is 4.81. The molecular formula is C20H21Cl2N3. The number of aryl methyl sites for hydroxylation is 1. The van der Waals surface area contributed by atoms with Crippen LogP contribution in [0.5, 0.6) is 0 Å². The summed E-state index contributed by atoms with van der Waals surface area (Å²) in [5.41, 5.74) is 6.64. The molecule has 0 amide bonds. The summed E-state index contributed by atoms with van der Waals surface area (Å²) in [6, 6.07) is 10.4. The van der Waals surface area contributed by atoms with Gasteiger partial charge in [-0.25, -0.2) is 0 Å². The monoisotopic (exact) mass is 373 g/mol. The SMILES string of the molecule is Clc1ccc(Nc2cc3c4c(c2)[C@@H]2CNC[C@@H]2CN4CCC3)cc1Cl. The maximum absolute atomic E-state index is 6.17. The van der Waals surface area contributed by atoms with Crippen molar-refractivity contribution in [1.29, 1.82) is 0 Å². The molecule has 0 aromatic heterocycles. The number of nitrogens with one attached hydrogen (secondary N) is 2. The van der Waals surface area contributed by atoms with Crippen molar-refractivity contribution < 1.29 is 0 Å². The van der Waals surface area contributed by atoms with Crippen molar-refractivity contribution >= 4 is 40.3 Å². The van der Waals surface area contributed by atoms with Crippen LogP contribution in [-0.4, -0.2) is 26.2 Å². The molecule has 0 spiro atoms. The van der Waals surface area contributed by atoms with Crippen LogP contribution in [0.15, 0.2) is 30.3 Å². The van der Waals surface area contributed by atoms with Crippen LogP contribution in [0.3, 0.4) is 0 Å². The first-order valence-corrected chi connectivity index (χ1v) is 9.79. The molecule has 5 rings (SSSR count). The molecule has 0 saturated carbocycles. The highest BCUT2D eigenvalue weighted by Gasteiger charge is 2.38. The van der Waals surface area contributed by atoms with Gasteiger partial charge in [0.25, 0.3) is 0 Å². The molecule has 0 unspecified atom stereocenters. The van der Waals surface area contributed by atoms with Crippen LogP contribution in [0.4, 0.5) is 17.1 Å². The molecule has 3 aliphatic heterocycles. The molecule has 0 bridgehead atoms. The molecule has 1 saturated heterocycles. The summed E-state index contributed by atoms with van der Waals surface area (Å²) >= 11 is 12.2.